The van der Waals surface area contributed by atoms with E-state index in [0.717, 1.165) is 22.0 Å². The molecule has 1 atom stereocenters. The third-order valence-electron chi connectivity index (χ3n) is 3.50. The first kappa shape index (κ1) is 13.3. The standard InChI is InChI=1S/C16H15N3O2/c1-12-7-8-15-14(9-12)10-18(17-15)16(11-19(20)21)13-5-3-2-4-6-13/h2-10,16H,11H2,1H3. The van der Waals surface area contributed by atoms with Crippen LogP contribution in [0.4, 0.5) is 0 Å². The Labute approximate surface area is 122 Å². The maximum Gasteiger partial charge on any atom is 0.230 e. The lowest BCUT2D eigenvalue weighted by Crippen LogP contribution is -2.20. The Morgan fingerprint density at radius 1 is 1.24 bits per heavy atom. The Bertz CT molecular complexity index is 781. The third-order valence-corrected chi connectivity index (χ3v) is 3.50. The van der Waals surface area contributed by atoms with Crippen LogP contribution in [-0.4, -0.2) is 21.2 Å². The SMILES string of the molecule is Cc1ccc2nn(C(C[N+](=O)[O-])c3ccccc3)cc2c1. The summed E-state index contributed by atoms with van der Waals surface area (Å²) in [6.07, 6.45) is 1.88. The van der Waals surface area contributed by atoms with E-state index in [4.69, 9.17) is 0 Å². The fourth-order valence-electron chi connectivity index (χ4n) is 2.48. The molecule has 0 N–H and O–H groups in total. The van der Waals surface area contributed by atoms with Gasteiger partial charge in [-0.2, -0.15) is 5.10 Å². The number of hydrogen-bond donors (Lipinski definition) is 0. The van der Waals surface area contributed by atoms with Gasteiger partial charge in [-0.15, -0.1) is 0 Å². The molecule has 0 aliphatic heterocycles. The monoisotopic (exact) mass is 281 g/mol. The smallest absolute Gasteiger partial charge is 0.230 e. The largest absolute Gasteiger partial charge is 0.264 e. The molecule has 0 saturated heterocycles. The minimum atomic E-state index is -0.395. The van der Waals surface area contributed by atoms with E-state index < -0.39 is 6.04 Å². The predicted molar refractivity (Wildman–Crippen MR) is 80.9 cm³/mol. The minimum Gasteiger partial charge on any atom is -0.264 e. The van der Waals surface area contributed by atoms with Crippen LogP contribution in [0.25, 0.3) is 10.9 Å². The summed E-state index contributed by atoms with van der Waals surface area (Å²) in [5.41, 5.74) is 2.89. The molecule has 0 aliphatic carbocycles. The van der Waals surface area contributed by atoms with Gasteiger partial charge in [0.2, 0.25) is 6.54 Å². The molecule has 106 valence electrons. The summed E-state index contributed by atoms with van der Waals surface area (Å²) in [6, 6.07) is 15.0. The molecule has 1 heterocycles. The van der Waals surface area contributed by atoms with Gasteiger partial charge < -0.3 is 0 Å². The highest BCUT2D eigenvalue weighted by Crippen LogP contribution is 2.22. The van der Waals surface area contributed by atoms with Crippen molar-refractivity contribution < 1.29 is 4.92 Å². The second-order valence-electron chi connectivity index (χ2n) is 5.11. The molecule has 21 heavy (non-hydrogen) atoms. The van der Waals surface area contributed by atoms with Crippen molar-refractivity contribution in [2.24, 2.45) is 0 Å². The van der Waals surface area contributed by atoms with Crippen LogP contribution < -0.4 is 0 Å². The van der Waals surface area contributed by atoms with Gasteiger partial charge >= 0.3 is 0 Å². The minimum absolute atomic E-state index is 0.184. The molecule has 5 heteroatoms. The summed E-state index contributed by atoms with van der Waals surface area (Å²) in [7, 11) is 0. The molecule has 1 aromatic heterocycles. The van der Waals surface area contributed by atoms with E-state index >= 15 is 0 Å². The highest BCUT2D eigenvalue weighted by molar-refractivity contribution is 5.78. The van der Waals surface area contributed by atoms with Gasteiger partial charge in [0.1, 0.15) is 6.04 Å². The first-order valence-electron chi connectivity index (χ1n) is 6.76. The zero-order chi connectivity index (χ0) is 14.8. The number of fused-ring (bicyclic) bond motifs is 1. The predicted octanol–water partition coefficient (Wildman–Crippen LogP) is 3.21. The highest BCUT2D eigenvalue weighted by atomic mass is 16.6. The van der Waals surface area contributed by atoms with E-state index in [1.165, 1.54) is 0 Å². The summed E-state index contributed by atoms with van der Waals surface area (Å²) in [5.74, 6) is 0. The Morgan fingerprint density at radius 2 is 2.00 bits per heavy atom. The molecular weight excluding hydrogens is 266 g/mol. The van der Waals surface area contributed by atoms with Gasteiger partial charge in [0.15, 0.2) is 0 Å². The number of benzene rings is 2. The van der Waals surface area contributed by atoms with Crippen LogP contribution in [0, 0.1) is 17.0 Å². The van der Waals surface area contributed by atoms with Gasteiger partial charge in [0.05, 0.1) is 5.52 Å². The topological polar surface area (TPSA) is 61.0 Å². The lowest BCUT2D eigenvalue weighted by Gasteiger charge is -2.13. The van der Waals surface area contributed by atoms with Crippen LogP contribution >= 0.6 is 0 Å². The first-order valence-corrected chi connectivity index (χ1v) is 6.76. The summed E-state index contributed by atoms with van der Waals surface area (Å²) >= 11 is 0. The molecular formula is C16H15N3O2. The number of aromatic nitrogens is 2. The Balaban J connectivity index is 2.07. The molecule has 0 amide bonds. The van der Waals surface area contributed by atoms with Crippen molar-refractivity contribution in [3.63, 3.8) is 0 Å². The first-order chi connectivity index (χ1) is 10.1. The normalized spacial score (nSPS) is 12.4. The van der Waals surface area contributed by atoms with E-state index in [9.17, 15) is 10.1 Å². The van der Waals surface area contributed by atoms with Gasteiger partial charge in [0, 0.05) is 16.5 Å². The number of nitrogens with zero attached hydrogens (tertiary/aromatic N) is 3. The van der Waals surface area contributed by atoms with Gasteiger partial charge in [-0.25, -0.2) is 0 Å². The number of rotatable bonds is 4. The van der Waals surface area contributed by atoms with Crippen molar-refractivity contribution in [1.29, 1.82) is 0 Å². The maximum absolute atomic E-state index is 11.0. The highest BCUT2D eigenvalue weighted by Gasteiger charge is 2.21. The Hall–Kier alpha value is -2.69. The summed E-state index contributed by atoms with van der Waals surface area (Å²) in [6.45, 7) is 1.83. The van der Waals surface area contributed by atoms with Gasteiger partial charge in [-0.3, -0.25) is 14.8 Å². The van der Waals surface area contributed by atoms with E-state index in [2.05, 4.69) is 5.10 Å². The second kappa shape index (κ2) is 5.36. The van der Waals surface area contributed by atoms with E-state index in [-0.39, 0.29) is 11.5 Å². The fourth-order valence-corrected chi connectivity index (χ4v) is 2.48. The molecule has 3 aromatic rings. The zero-order valence-corrected chi connectivity index (χ0v) is 11.6. The van der Waals surface area contributed by atoms with Crippen molar-refractivity contribution in [3.8, 4) is 0 Å². The van der Waals surface area contributed by atoms with E-state index in [1.54, 1.807) is 4.68 Å². The molecule has 0 radical (unpaired) electrons. The third kappa shape index (κ3) is 2.76. The van der Waals surface area contributed by atoms with Crippen LogP contribution in [0.15, 0.2) is 54.7 Å². The van der Waals surface area contributed by atoms with E-state index in [0.29, 0.717) is 0 Å². The van der Waals surface area contributed by atoms with Gasteiger partial charge in [0.25, 0.3) is 0 Å². The number of hydrogen-bond acceptors (Lipinski definition) is 3. The van der Waals surface area contributed by atoms with Crippen LogP contribution in [0.3, 0.4) is 0 Å². The molecule has 0 saturated carbocycles. The van der Waals surface area contributed by atoms with Crippen molar-refractivity contribution in [1.82, 2.24) is 9.78 Å². The van der Waals surface area contributed by atoms with Crippen LogP contribution in [0.5, 0.6) is 0 Å². The summed E-state index contributed by atoms with van der Waals surface area (Å²) in [4.78, 5) is 10.7. The van der Waals surface area contributed by atoms with Crippen LogP contribution in [-0.2, 0) is 0 Å². The fraction of sp³-hybridized carbons (Fsp3) is 0.188. The lowest BCUT2D eigenvalue weighted by molar-refractivity contribution is -0.484. The molecule has 0 aliphatic rings. The van der Waals surface area contributed by atoms with Crippen LogP contribution in [0.1, 0.15) is 17.2 Å². The molecule has 1 unspecified atom stereocenters. The Kier molecular flexibility index (Phi) is 3.39. The Morgan fingerprint density at radius 3 is 2.71 bits per heavy atom. The van der Waals surface area contributed by atoms with Crippen LogP contribution in [0.2, 0.25) is 0 Å². The molecule has 0 bridgehead atoms. The van der Waals surface area contributed by atoms with Crippen molar-refractivity contribution in [2.75, 3.05) is 6.54 Å². The zero-order valence-electron chi connectivity index (χ0n) is 11.6. The van der Waals surface area contributed by atoms with Crippen molar-refractivity contribution in [3.05, 3.63) is 76.0 Å². The second-order valence-corrected chi connectivity index (χ2v) is 5.11. The van der Waals surface area contributed by atoms with Crippen molar-refractivity contribution in [2.45, 2.75) is 13.0 Å². The quantitative estimate of drug-likeness (QED) is 0.545. The number of nitro groups is 1. The van der Waals surface area contributed by atoms with Gasteiger partial charge in [-0.1, -0.05) is 42.0 Å². The average Bonchev–Trinajstić information content (AvgIpc) is 2.88. The van der Waals surface area contributed by atoms with Gasteiger partial charge in [-0.05, 0) is 24.6 Å². The van der Waals surface area contributed by atoms with E-state index in [1.807, 2.05) is 61.7 Å². The lowest BCUT2D eigenvalue weighted by atomic mass is 10.1. The average molecular weight is 281 g/mol. The molecule has 0 spiro atoms. The molecule has 5 nitrogen and oxygen atoms in total. The maximum atomic E-state index is 11.0. The molecule has 3 rings (SSSR count). The summed E-state index contributed by atoms with van der Waals surface area (Å²) in [5, 5.41) is 16.5. The van der Waals surface area contributed by atoms with Crippen molar-refractivity contribution >= 4 is 10.9 Å². The summed E-state index contributed by atoms with van der Waals surface area (Å²) < 4.78 is 1.70. The molecule has 2 aromatic carbocycles. The number of aryl methyl sites for hydroxylation is 1. The molecule has 0 fully saturated rings.